The Morgan fingerprint density at radius 3 is 2.50 bits per heavy atom. The van der Waals surface area contributed by atoms with Crippen LogP contribution in [0, 0.1) is 12.3 Å². The van der Waals surface area contributed by atoms with E-state index in [2.05, 4.69) is 51.0 Å². The monoisotopic (exact) mass is 220 g/mol. The molecule has 0 fully saturated rings. The number of rotatable bonds is 5. The summed E-state index contributed by atoms with van der Waals surface area (Å²) in [6.45, 7) is 12.1. The SMILES string of the molecule is CCNC(c1cncc(C)c1)C(C)(C)CC. The van der Waals surface area contributed by atoms with Crippen LogP contribution in [0.25, 0.3) is 0 Å². The highest BCUT2D eigenvalue weighted by Gasteiger charge is 2.28. The van der Waals surface area contributed by atoms with E-state index >= 15 is 0 Å². The third kappa shape index (κ3) is 3.05. The smallest absolute Gasteiger partial charge is 0.0387 e. The van der Waals surface area contributed by atoms with Gasteiger partial charge in [0.05, 0.1) is 0 Å². The lowest BCUT2D eigenvalue weighted by atomic mass is 9.78. The molecule has 0 aliphatic heterocycles. The largest absolute Gasteiger partial charge is 0.310 e. The fraction of sp³-hybridized carbons (Fsp3) is 0.643. The van der Waals surface area contributed by atoms with Crippen LogP contribution in [-0.2, 0) is 0 Å². The van der Waals surface area contributed by atoms with Gasteiger partial charge in [0.1, 0.15) is 0 Å². The average molecular weight is 220 g/mol. The number of hydrogen-bond acceptors (Lipinski definition) is 2. The van der Waals surface area contributed by atoms with Crippen molar-refractivity contribution in [3.63, 3.8) is 0 Å². The Labute approximate surface area is 99.5 Å². The van der Waals surface area contributed by atoms with Gasteiger partial charge in [-0.25, -0.2) is 0 Å². The summed E-state index contributed by atoms with van der Waals surface area (Å²) < 4.78 is 0. The second kappa shape index (κ2) is 5.44. The van der Waals surface area contributed by atoms with E-state index in [0.717, 1.165) is 13.0 Å². The second-order valence-electron chi connectivity index (χ2n) is 5.13. The van der Waals surface area contributed by atoms with Crippen LogP contribution in [0.1, 0.15) is 51.3 Å². The van der Waals surface area contributed by atoms with Crippen molar-refractivity contribution in [3.8, 4) is 0 Å². The Morgan fingerprint density at radius 2 is 2.00 bits per heavy atom. The highest BCUT2D eigenvalue weighted by atomic mass is 14.9. The number of pyridine rings is 1. The van der Waals surface area contributed by atoms with E-state index in [1.54, 1.807) is 0 Å². The molecule has 0 saturated carbocycles. The van der Waals surface area contributed by atoms with Crippen molar-refractivity contribution in [3.05, 3.63) is 29.6 Å². The molecule has 1 unspecified atom stereocenters. The van der Waals surface area contributed by atoms with Gasteiger partial charge in [-0.2, -0.15) is 0 Å². The summed E-state index contributed by atoms with van der Waals surface area (Å²) in [6.07, 6.45) is 5.04. The third-order valence-corrected chi connectivity index (χ3v) is 3.33. The summed E-state index contributed by atoms with van der Waals surface area (Å²) >= 11 is 0. The quantitative estimate of drug-likeness (QED) is 0.821. The highest BCUT2D eigenvalue weighted by molar-refractivity contribution is 5.22. The summed E-state index contributed by atoms with van der Waals surface area (Å²) in [4.78, 5) is 4.30. The molecule has 1 N–H and O–H groups in total. The number of aryl methyl sites for hydroxylation is 1. The first-order chi connectivity index (χ1) is 7.51. The van der Waals surface area contributed by atoms with Gasteiger partial charge >= 0.3 is 0 Å². The van der Waals surface area contributed by atoms with Crippen molar-refractivity contribution >= 4 is 0 Å². The third-order valence-electron chi connectivity index (χ3n) is 3.33. The molecule has 2 heteroatoms. The summed E-state index contributed by atoms with van der Waals surface area (Å²) in [5.41, 5.74) is 2.78. The van der Waals surface area contributed by atoms with E-state index in [1.165, 1.54) is 11.1 Å². The van der Waals surface area contributed by atoms with E-state index in [-0.39, 0.29) is 5.41 Å². The Morgan fingerprint density at radius 1 is 1.31 bits per heavy atom. The van der Waals surface area contributed by atoms with Crippen molar-refractivity contribution in [1.29, 1.82) is 0 Å². The minimum absolute atomic E-state index is 0.255. The van der Waals surface area contributed by atoms with Crippen LogP contribution in [-0.4, -0.2) is 11.5 Å². The maximum Gasteiger partial charge on any atom is 0.0387 e. The van der Waals surface area contributed by atoms with Gasteiger partial charge in [0.25, 0.3) is 0 Å². The molecule has 1 aromatic heterocycles. The minimum atomic E-state index is 0.255. The first-order valence-corrected chi connectivity index (χ1v) is 6.16. The van der Waals surface area contributed by atoms with Crippen LogP contribution in [0.15, 0.2) is 18.5 Å². The van der Waals surface area contributed by atoms with Gasteiger partial charge < -0.3 is 5.32 Å². The molecule has 0 aromatic carbocycles. The molecule has 90 valence electrons. The Hall–Kier alpha value is -0.890. The zero-order chi connectivity index (χ0) is 12.2. The topological polar surface area (TPSA) is 24.9 Å². The van der Waals surface area contributed by atoms with Crippen molar-refractivity contribution in [2.75, 3.05) is 6.54 Å². The fourth-order valence-electron chi connectivity index (χ4n) is 1.99. The molecule has 1 heterocycles. The minimum Gasteiger partial charge on any atom is -0.310 e. The molecule has 1 aromatic rings. The molecule has 0 amide bonds. The Kier molecular flexibility index (Phi) is 4.48. The van der Waals surface area contributed by atoms with Crippen LogP contribution in [0.5, 0.6) is 0 Å². The molecular formula is C14H24N2. The molecule has 0 aliphatic rings. The predicted molar refractivity (Wildman–Crippen MR) is 69.5 cm³/mol. The maximum atomic E-state index is 4.30. The van der Waals surface area contributed by atoms with E-state index < -0.39 is 0 Å². The molecule has 0 saturated heterocycles. The van der Waals surface area contributed by atoms with Crippen LogP contribution in [0.2, 0.25) is 0 Å². The number of nitrogens with zero attached hydrogens (tertiary/aromatic N) is 1. The molecular weight excluding hydrogens is 196 g/mol. The summed E-state index contributed by atoms with van der Waals surface area (Å²) in [7, 11) is 0. The zero-order valence-electron chi connectivity index (χ0n) is 11.2. The molecule has 0 radical (unpaired) electrons. The summed E-state index contributed by atoms with van der Waals surface area (Å²) in [6, 6.07) is 2.62. The van der Waals surface area contributed by atoms with Gasteiger partial charge in [0.15, 0.2) is 0 Å². The Balaban J connectivity index is 3.02. The summed E-state index contributed by atoms with van der Waals surface area (Å²) in [5.74, 6) is 0. The first kappa shape index (κ1) is 13.2. The average Bonchev–Trinajstić information content (AvgIpc) is 2.25. The highest BCUT2D eigenvalue weighted by Crippen LogP contribution is 2.35. The first-order valence-electron chi connectivity index (χ1n) is 6.16. The van der Waals surface area contributed by atoms with Crippen LogP contribution in [0.4, 0.5) is 0 Å². The molecule has 1 atom stereocenters. The van der Waals surface area contributed by atoms with Gasteiger partial charge in [0, 0.05) is 18.4 Å². The van der Waals surface area contributed by atoms with Gasteiger partial charge in [-0.05, 0) is 36.4 Å². The number of aromatic nitrogens is 1. The van der Waals surface area contributed by atoms with Crippen molar-refractivity contribution in [1.82, 2.24) is 10.3 Å². The molecule has 2 nitrogen and oxygen atoms in total. The predicted octanol–water partition coefficient (Wildman–Crippen LogP) is 3.48. The fourth-order valence-corrected chi connectivity index (χ4v) is 1.99. The van der Waals surface area contributed by atoms with Gasteiger partial charge in [0.2, 0.25) is 0 Å². The standard InChI is InChI=1S/C14H24N2/c1-6-14(4,5)13(16-7-2)12-8-11(3)9-15-10-12/h8-10,13,16H,6-7H2,1-5H3. The lowest BCUT2D eigenvalue weighted by Gasteiger charge is -2.34. The van der Waals surface area contributed by atoms with Crippen LogP contribution < -0.4 is 5.32 Å². The second-order valence-corrected chi connectivity index (χ2v) is 5.13. The van der Waals surface area contributed by atoms with E-state index in [4.69, 9.17) is 0 Å². The number of nitrogens with one attached hydrogen (secondary N) is 1. The van der Waals surface area contributed by atoms with E-state index in [0.29, 0.717) is 6.04 Å². The lowest BCUT2D eigenvalue weighted by Crippen LogP contribution is -2.34. The molecule has 0 spiro atoms. The molecule has 0 aliphatic carbocycles. The Bertz CT molecular complexity index is 331. The maximum absolute atomic E-state index is 4.30. The van der Waals surface area contributed by atoms with Crippen LogP contribution in [0.3, 0.4) is 0 Å². The summed E-state index contributed by atoms with van der Waals surface area (Å²) in [5, 5.41) is 3.58. The van der Waals surface area contributed by atoms with Crippen molar-refractivity contribution < 1.29 is 0 Å². The van der Waals surface area contributed by atoms with E-state index in [9.17, 15) is 0 Å². The van der Waals surface area contributed by atoms with Crippen LogP contribution >= 0.6 is 0 Å². The molecule has 0 bridgehead atoms. The normalized spacial score (nSPS) is 13.8. The lowest BCUT2D eigenvalue weighted by molar-refractivity contribution is 0.237. The number of hydrogen-bond donors (Lipinski definition) is 1. The van der Waals surface area contributed by atoms with Gasteiger partial charge in [-0.1, -0.05) is 33.8 Å². The van der Waals surface area contributed by atoms with Crippen molar-refractivity contribution in [2.24, 2.45) is 5.41 Å². The van der Waals surface area contributed by atoms with Crippen molar-refractivity contribution in [2.45, 2.75) is 47.1 Å². The van der Waals surface area contributed by atoms with Gasteiger partial charge in [-0.3, -0.25) is 4.98 Å². The molecule has 16 heavy (non-hydrogen) atoms. The zero-order valence-corrected chi connectivity index (χ0v) is 11.2. The van der Waals surface area contributed by atoms with Gasteiger partial charge in [-0.15, -0.1) is 0 Å². The molecule has 1 rings (SSSR count). The van der Waals surface area contributed by atoms with E-state index in [1.807, 2.05) is 12.4 Å².